The van der Waals surface area contributed by atoms with Crippen LogP contribution in [-0.2, 0) is 6.42 Å². The quantitative estimate of drug-likeness (QED) is 0.901. The van der Waals surface area contributed by atoms with Crippen molar-refractivity contribution in [2.75, 3.05) is 6.54 Å². The second-order valence-electron chi connectivity index (χ2n) is 8.22. The van der Waals surface area contributed by atoms with E-state index in [-0.39, 0.29) is 11.4 Å². The molecule has 1 amide bonds. The maximum absolute atomic E-state index is 13.3. The Morgan fingerprint density at radius 2 is 2.04 bits per heavy atom. The summed E-state index contributed by atoms with van der Waals surface area (Å²) < 4.78 is 0. The van der Waals surface area contributed by atoms with Gasteiger partial charge >= 0.3 is 0 Å². The van der Waals surface area contributed by atoms with Crippen LogP contribution >= 0.6 is 0 Å². The van der Waals surface area contributed by atoms with Crippen LogP contribution in [0.1, 0.15) is 54.9 Å². The van der Waals surface area contributed by atoms with E-state index in [0.717, 1.165) is 32.2 Å². The lowest BCUT2D eigenvalue weighted by atomic mass is 9.83. The van der Waals surface area contributed by atoms with Crippen LogP contribution in [-0.4, -0.2) is 40.0 Å². The molecule has 0 bridgehead atoms. The van der Waals surface area contributed by atoms with Crippen LogP contribution < -0.4 is 5.32 Å². The van der Waals surface area contributed by atoms with Crippen molar-refractivity contribution >= 4 is 5.91 Å². The number of nitrogens with zero attached hydrogens (tertiary/aromatic N) is 2. The van der Waals surface area contributed by atoms with Crippen LogP contribution in [0.25, 0.3) is 0 Å². The molecule has 0 saturated carbocycles. The maximum atomic E-state index is 13.3. The monoisotopic (exact) mass is 363 g/mol. The summed E-state index contributed by atoms with van der Waals surface area (Å²) in [6.07, 6.45) is 10.1. The molecule has 2 aliphatic heterocycles. The molecule has 27 heavy (non-hydrogen) atoms. The predicted octanol–water partition coefficient (Wildman–Crippen LogP) is 3.83. The number of hydrogen-bond donors (Lipinski definition) is 1. The standard InChI is InChI=1S/C23H29N3O/c1-23-16-20(15-18-9-4-2-5-10-18)25-21(23)12-6-3-7-14-26(23)22(27)19-11-8-13-24-17-19/h2,4-5,8-11,13,17,20-21,25H,3,6-7,12,14-16H2,1H3/t20-,21+,23+/m1/s1. The molecule has 0 unspecified atom stereocenters. The topological polar surface area (TPSA) is 45.2 Å². The summed E-state index contributed by atoms with van der Waals surface area (Å²) in [6, 6.07) is 15.2. The van der Waals surface area contributed by atoms with Crippen molar-refractivity contribution in [3.05, 3.63) is 66.0 Å². The largest absolute Gasteiger partial charge is 0.332 e. The van der Waals surface area contributed by atoms with Crippen molar-refractivity contribution in [3.8, 4) is 0 Å². The minimum absolute atomic E-state index is 0.125. The van der Waals surface area contributed by atoms with Crippen molar-refractivity contribution in [1.82, 2.24) is 15.2 Å². The zero-order valence-corrected chi connectivity index (χ0v) is 16.1. The molecule has 0 aliphatic carbocycles. The summed E-state index contributed by atoms with van der Waals surface area (Å²) in [7, 11) is 0. The fourth-order valence-electron chi connectivity index (χ4n) is 4.92. The summed E-state index contributed by atoms with van der Waals surface area (Å²) in [5.41, 5.74) is 1.91. The van der Waals surface area contributed by atoms with E-state index in [4.69, 9.17) is 0 Å². The van der Waals surface area contributed by atoms with Crippen molar-refractivity contribution in [2.24, 2.45) is 0 Å². The number of aromatic nitrogens is 1. The molecule has 2 aliphatic rings. The molecule has 2 saturated heterocycles. The van der Waals surface area contributed by atoms with E-state index in [2.05, 4.69) is 52.5 Å². The van der Waals surface area contributed by atoms with Crippen LogP contribution in [0.3, 0.4) is 0 Å². The minimum atomic E-state index is -0.146. The van der Waals surface area contributed by atoms with Gasteiger partial charge in [0.25, 0.3) is 5.91 Å². The third kappa shape index (κ3) is 3.77. The Hall–Kier alpha value is -2.20. The number of nitrogens with one attached hydrogen (secondary N) is 1. The Kier molecular flexibility index (Phi) is 5.26. The lowest BCUT2D eigenvalue weighted by Gasteiger charge is -2.44. The number of likely N-dealkylation sites (tertiary alicyclic amines) is 1. The Morgan fingerprint density at radius 3 is 2.81 bits per heavy atom. The van der Waals surface area contributed by atoms with Crippen LogP contribution in [0.4, 0.5) is 0 Å². The number of fused-ring (bicyclic) bond motifs is 1. The van der Waals surface area contributed by atoms with Gasteiger partial charge < -0.3 is 10.2 Å². The zero-order valence-electron chi connectivity index (χ0n) is 16.1. The Bertz CT molecular complexity index is 764. The highest BCUT2D eigenvalue weighted by molar-refractivity contribution is 5.94. The highest BCUT2D eigenvalue weighted by Crippen LogP contribution is 2.37. The SMILES string of the molecule is C[C@]12C[C@@H](Cc3ccccc3)N[C@H]1CCCCCN2C(=O)c1cccnc1. The predicted molar refractivity (Wildman–Crippen MR) is 108 cm³/mol. The molecule has 4 heteroatoms. The van der Waals surface area contributed by atoms with E-state index in [9.17, 15) is 4.79 Å². The molecule has 1 aromatic carbocycles. The molecule has 142 valence electrons. The molecule has 2 aromatic rings. The lowest BCUT2D eigenvalue weighted by Crippen LogP contribution is -2.57. The first-order valence-corrected chi connectivity index (χ1v) is 10.2. The molecule has 0 radical (unpaired) electrons. The maximum Gasteiger partial charge on any atom is 0.255 e. The normalized spacial score (nSPS) is 28.3. The van der Waals surface area contributed by atoms with Crippen molar-refractivity contribution in [3.63, 3.8) is 0 Å². The molecule has 3 heterocycles. The Labute approximate surface area is 162 Å². The van der Waals surface area contributed by atoms with Gasteiger partial charge in [0.15, 0.2) is 0 Å². The second kappa shape index (κ2) is 7.81. The van der Waals surface area contributed by atoms with Gasteiger partial charge in [0.05, 0.1) is 11.1 Å². The number of carbonyl (C=O) groups is 1. The molecule has 2 fully saturated rings. The molecular weight excluding hydrogens is 334 g/mol. The van der Waals surface area contributed by atoms with Gasteiger partial charge in [-0.1, -0.05) is 43.2 Å². The van der Waals surface area contributed by atoms with Crippen LogP contribution in [0.5, 0.6) is 0 Å². The van der Waals surface area contributed by atoms with E-state index >= 15 is 0 Å². The molecule has 3 atom stereocenters. The van der Waals surface area contributed by atoms with Gasteiger partial charge in [-0.2, -0.15) is 0 Å². The van der Waals surface area contributed by atoms with E-state index < -0.39 is 0 Å². The highest BCUT2D eigenvalue weighted by atomic mass is 16.2. The third-order valence-electron chi connectivity index (χ3n) is 6.32. The van der Waals surface area contributed by atoms with Gasteiger partial charge in [-0.25, -0.2) is 0 Å². The van der Waals surface area contributed by atoms with Crippen molar-refractivity contribution in [1.29, 1.82) is 0 Å². The molecule has 4 nitrogen and oxygen atoms in total. The Balaban J connectivity index is 1.59. The van der Waals surface area contributed by atoms with Gasteiger partial charge in [0.2, 0.25) is 0 Å². The summed E-state index contributed by atoms with van der Waals surface area (Å²) in [5, 5.41) is 3.88. The number of pyridine rings is 1. The van der Waals surface area contributed by atoms with E-state index in [1.165, 1.54) is 18.4 Å². The summed E-state index contributed by atoms with van der Waals surface area (Å²) in [5.74, 6) is 0.125. The number of hydrogen-bond acceptors (Lipinski definition) is 3. The van der Waals surface area contributed by atoms with Gasteiger partial charge in [0.1, 0.15) is 0 Å². The molecule has 1 aromatic heterocycles. The second-order valence-corrected chi connectivity index (χ2v) is 8.22. The summed E-state index contributed by atoms with van der Waals surface area (Å²) in [4.78, 5) is 19.6. The number of rotatable bonds is 3. The molecule has 1 N–H and O–H groups in total. The van der Waals surface area contributed by atoms with Gasteiger partial charge in [-0.05, 0) is 50.3 Å². The van der Waals surface area contributed by atoms with E-state index in [0.29, 0.717) is 17.6 Å². The first-order chi connectivity index (χ1) is 13.2. The van der Waals surface area contributed by atoms with Crippen molar-refractivity contribution < 1.29 is 4.79 Å². The van der Waals surface area contributed by atoms with Crippen LogP contribution in [0.15, 0.2) is 54.9 Å². The third-order valence-corrected chi connectivity index (χ3v) is 6.32. The first-order valence-electron chi connectivity index (χ1n) is 10.2. The molecule has 4 rings (SSSR count). The average molecular weight is 364 g/mol. The van der Waals surface area contributed by atoms with Crippen LogP contribution in [0.2, 0.25) is 0 Å². The average Bonchev–Trinajstić information content (AvgIpc) is 2.99. The van der Waals surface area contributed by atoms with Gasteiger partial charge in [-0.3, -0.25) is 9.78 Å². The molecular formula is C23H29N3O. The van der Waals surface area contributed by atoms with Crippen LogP contribution in [0, 0.1) is 0 Å². The minimum Gasteiger partial charge on any atom is -0.332 e. The number of amides is 1. The fraction of sp³-hybridized carbons (Fsp3) is 0.478. The number of benzene rings is 1. The Morgan fingerprint density at radius 1 is 1.19 bits per heavy atom. The fourth-order valence-corrected chi connectivity index (χ4v) is 4.92. The highest BCUT2D eigenvalue weighted by Gasteiger charge is 2.49. The summed E-state index contributed by atoms with van der Waals surface area (Å²) >= 11 is 0. The van der Waals surface area contributed by atoms with E-state index in [1.54, 1.807) is 12.4 Å². The lowest BCUT2D eigenvalue weighted by molar-refractivity contribution is 0.0425. The van der Waals surface area contributed by atoms with Crippen molar-refractivity contribution in [2.45, 2.75) is 63.1 Å². The van der Waals surface area contributed by atoms with E-state index in [1.807, 2.05) is 12.1 Å². The summed E-state index contributed by atoms with van der Waals surface area (Å²) in [6.45, 7) is 3.12. The molecule has 0 spiro atoms. The van der Waals surface area contributed by atoms with Gasteiger partial charge in [0, 0.05) is 31.0 Å². The number of carbonyl (C=O) groups excluding carboxylic acids is 1. The smallest absolute Gasteiger partial charge is 0.255 e. The zero-order chi connectivity index (χ0) is 18.7. The van der Waals surface area contributed by atoms with Gasteiger partial charge in [-0.15, -0.1) is 0 Å². The first kappa shape index (κ1) is 18.2.